The summed E-state index contributed by atoms with van der Waals surface area (Å²) < 4.78 is 32.2. The van der Waals surface area contributed by atoms with Gasteiger partial charge in [-0.15, -0.1) is 0 Å². The normalized spacial score (nSPS) is 14.3. The minimum absolute atomic E-state index is 0.0330. The number of benzene rings is 3. The van der Waals surface area contributed by atoms with Crippen LogP contribution in [0, 0.1) is 0 Å². The van der Waals surface area contributed by atoms with Crippen LogP contribution in [0.4, 0.5) is 5.69 Å². The van der Waals surface area contributed by atoms with Crippen LogP contribution in [0.2, 0.25) is 10.0 Å². The molecule has 224 valence electrons. The van der Waals surface area contributed by atoms with E-state index in [9.17, 15) is 18.0 Å². The Kier molecular flexibility index (Phi) is 10.8. The lowest BCUT2D eigenvalue weighted by Crippen LogP contribution is -2.54. The van der Waals surface area contributed by atoms with E-state index >= 15 is 0 Å². The molecule has 1 unspecified atom stereocenters. The summed E-state index contributed by atoms with van der Waals surface area (Å²) in [7, 11) is -2.39. The molecule has 0 aliphatic heterocycles. The molecule has 1 fully saturated rings. The van der Waals surface area contributed by atoms with Gasteiger partial charge < -0.3 is 15.0 Å². The summed E-state index contributed by atoms with van der Waals surface area (Å²) in [4.78, 5) is 29.6. The molecule has 1 N–H and O–H groups in total. The standard InChI is InChI=1S/C31H35Cl2N3O5S/c1-41-28-14-8-11-23(15-28)20-35(30(37)21-36(42(2,39)40)27-18-24(32)17-25(33)19-27)29(16-22-9-4-3-5-10-22)31(38)34-26-12-6-7-13-26/h3-5,8-11,14-15,17-19,26,29H,6-7,12-13,16,20-21H2,1-2H3,(H,34,38). The van der Waals surface area contributed by atoms with Crippen LogP contribution in [-0.2, 0) is 32.6 Å². The molecular weight excluding hydrogens is 597 g/mol. The van der Waals surface area contributed by atoms with E-state index < -0.39 is 28.5 Å². The fraction of sp³-hybridized carbons (Fsp3) is 0.355. The lowest BCUT2D eigenvalue weighted by atomic mass is 10.0. The number of nitrogens with one attached hydrogen (secondary N) is 1. The van der Waals surface area contributed by atoms with Crippen molar-refractivity contribution in [2.45, 2.75) is 50.7 Å². The summed E-state index contributed by atoms with van der Waals surface area (Å²) >= 11 is 12.4. The van der Waals surface area contributed by atoms with Gasteiger partial charge in [0.1, 0.15) is 18.3 Å². The van der Waals surface area contributed by atoms with Gasteiger partial charge in [-0.1, -0.05) is 78.5 Å². The molecule has 0 aromatic heterocycles. The van der Waals surface area contributed by atoms with Crippen molar-refractivity contribution in [3.63, 3.8) is 0 Å². The van der Waals surface area contributed by atoms with Gasteiger partial charge in [-0.2, -0.15) is 0 Å². The molecule has 0 spiro atoms. The number of amides is 2. The summed E-state index contributed by atoms with van der Waals surface area (Å²) in [5.41, 5.74) is 1.75. The van der Waals surface area contributed by atoms with E-state index in [1.54, 1.807) is 25.3 Å². The Morgan fingerprint density at radius 2 is 1.60 bits per heavy atom. The van der Waals surface area contributed by atoms with E-state index in [0.717, 1.165) is 47.4 Å². The van der Waals surface area contributed by atoms with E-state index in [4.69, 9.17) is 27.9 Å². The Labute approximate surface area is 257 Å². The second-order valence-electron chi connectivity index (χ2n) is 10.5. The molecule has 1 saturated carbocycles. The zero-order valence-corrected chi connectivity index (χ0v) is 26.0. The summed E-state index contributed by atoms with van der Waals surface area (Å²) in [6.45, 7) is -0.499. The number of carbonyl (C=O) groups is 2. The minimum atomic E-state index is -3.94. The zero-order chi connectivity index (χ0) is 30.3. The number of sulfonamides is 1. The van der Waals surface area contributed by atoms with Gasteiger partial charge in [-0.25, -0.2) is 8.42 Å². The van der Waals surface area contributed by atoms with Gasteiger partial charge >= 0.3 is 0 Å². The van der Waals surface area contributed by atoms with Crippen LogP contribution in [0.25, 0.3) is 0 Å². The summed E-state index contributed by atoms with van der Waals surface area (Å²) in [6, 6.07) is 20.1. The van der Waals surface area contributed by atoms with Crippen LogP contribution in [0.15, 0.2) is 72.8 Å². The Hall–Kier alpha value is -3.27. The average Bonchev–Trinajstić information content (AvgIpc) is 3.46. The molecule has 1 atom stereocenters. The van der Waals surface area contributed by atoms with Gasteiger partial charge in [0, 0.05) is 29.1 Å². The second-order valence-corrected chi connectivity index (χ2v) is 13.2. The van der Waals surface area contributed by atoms with Crippen molar-refractivity contribution in [3.05, 3.63) is 94.0 Å². The number of ether oxygens (including phenoxy) is 1. The fourth-order valence-electron chi connectivity index (χ4n) is 5.19. The van der Waals surface area contributed by atoms with Crippen molar-refractivity contribution < 1.29 is 22.7 Å². The van der Waals surface area contributed by atoms with Gasteiger partial charge in [0.05, 0.1) is 19.1 Å². The number of methoxy groups -OCH3 is 1. The Balaban J connectivity index is 1.75. The monoisotopic (exact) mass is 631 g/mol. The molecule has 0 heterocycles. The van der Waals surface area contributed by atoms with Crippen molar-refractivity contribution in [2.24, 2.45) is 0 Å². The number of hydrogen-bond donors (Lipinski definition) is 1. The first-order chi connectivity index (χ1) is 20.0. The number of rotatable bonds is 12. The Bertz CT molecular complexity index is 1480. The fourth-order valence-corrected chi connectivity index (χ4v) is 6.53. The maximum absolute atomic E-state index is 14.2. The van der Waals surface area contributed by atoms with Crippen LogP contribution in [0.1, 0.15) is 36.8 Å². The molecule has 1 aliphatic carbocycles. The van der Waals surface area contributed by atoms with Crippen molar-refractivity contribution in [1.29, 1.82) is 0 Å². The Morgan fingerprint density at radius 3 is 2.21 bits per heavy atom. The number of anilines is 1. The number of halogens is 2. The van der Waals surface area contributed by atoms with E-state index in [2.05, 4.69) is 5.32 Å². The van der Waals surface area contributed by atoms with Gasteiger partial charge in [-0.05, 0) is 54.3 Å². The zero-order valence-electron chi connectivity index (χ0n) is 23.6. The van der Waals surface area contributed by atoms with Crippen LogP contribution in [0.5, 0.6) is 5.75 Å². The van der Waals surface area contributed by atoms with Gasteiger partial charge in [-0.3, -0.25) is 13.9 Å². The molecule has 1 aliphatic rings. The SMILES string of the molecule is COc1cccc(CN(C(=O)CN(c2cc(Cl)cc(Cl)c2)S(C)(=O)=O)C(Cc2ccccc2)C(=O)NC2CCCC2)c1. The molecule has 4 rings (SSSR count). The van der Waals surface area contributed by atoms with Gasteiger partial charge in [0.25, 0.3) is 0 Å². The maximum Gasteiger partial charge on any atom is 0.244 e. The lowest BCUT2D eigenvalue weighted by Gasteiger charge is -2.34. The molecule has 0 bridgehead atoms. The minimum Gasteiger partial charge on any atom is -0.497 e. The molecule has 8 nitrogen and oxygen atoms in total. The highest BCUT2D eigenvalue weighted by Crippen LogP contribution is 2.28. The second kappa shape index (κ2) is 14.3. The largest absolute Gasteiger partial charge is 0.497 e. The molecule has 2 amide bonds. The maximum atomic E-state index is 14.2. The van der Waals surface area contributed by atoms with Crippen LogP contribution < -0.4 is 14.4 Å². The topological polar surface area (TPSA) is 96.0 Å². The van der Waals surface area contributed by atoms with Crippen molar-refractivity contribution in [1.82, 2.24) is 10.2 Å². The molecule has 11 heteroatoms. The van der Waals surface area contributed by atoms with Gasteiger partial charge in [0.15, 0.2) is 0 Å². The first kappa shape index (κ1) is 31.7. The molecule has 3 aromatic carbocycles. The Morgan fingerprint density at radius 1 is 0.952 bits per heavy atom. The molecule has 0 radical (unpaired) electrons. The highest BCUT2D eigenvalue weighted by atomic mass is 35.5. The predicted octanol–water partition coefficient (Wildman–Crippen LogP) is 5.47. The summed E-state index contributed by atoms with van der Waals surface area (Å²) in [5.74, 6) is -0.234. The van der Waals surface area contributed by atoms with E-state index in [0.29, 0.717) is 5.75 Å². The van der Waals surface area contributed by atoms with Crippen molar-refractivity contribution in [3.8, 4) is 5.75 Å². The highest BCUT2D eigenvalue weighted by Gasteiger charge is 2.34. The number of carbonyl (C=O) groups excluding carboxylic acids is 2. The number of nitrogens with zero attached hydrogens (tertiary/aromatic N) is 2. The molecule has 42 heavy (non-hydrogen) atoms. The molecule has 0 saturated heterocycles. The summed E-state index contributed by atoms with van der Waals surface area (Å²) in [5, 5.41) is 3.60. The molecular formula is C31H35Cl2N3O5S. The van der Waals surface area contributed by atoms with Crippen molar-refractivity contribution in [2.75, 3.05) is 24.2 Å². The van der Waals surface area contributed by atoms with Crippen LogP contribution >= 0.6 is 23.2 Å². The first-order valence-corrected chi connectivity index (χ1v) is 16.3. The number of hydrogen-bond acceptors (Lipinski definition) is 5. The average molecular weight is 633 g/mol. The molecule has 3 aromatic rings. The van der Waals surface area contributed by atoms with Gasteiger partial charge in [0.2, 0.25) is 21.8 Å². The lowest BCUT2D eigenvalue weighted by molar-refractivity contribution is -0.140. The van der Waals surface area contributed by atoms with Crippen LogP contribution in [-0.4, -0.2) is 57.1 Å². The third-order valence-corrected chi connectivity index (χ3v) is 8.85. The van der Waals surface area contributed by atoms with E-state index in [-0.39, 0.29) is 40.6 Å². The highest BCUT2D eigenvalue weighted by molar-refractivity contribution is 7.92. The summed E-state index contributed by atoms with van der Waals surface area (Å²) in [6.07, 6.45) is 5.08. The first-order valence-electron chi connectivity index (χ1n) is 13.7. The van der Waals surface area contributed by atoms with E-state index in [1.807, 2.05) is 36.4 Å². The smallest absolute Gasteiger partial charge is 0.244 e. The third-order valence-electron chi connectivity index (χ3n) is 7.27. The quantitative estimate of drug-likeness (QED) is 0.286. The third kappa shape index (κ3) is 8.63. The van der Waals surface area contributed by atoms with Crippen LogP contribution in [0.3, 0.4) is 0 Å². The van der Waals surface area contributed by atoms with E-state index in [1.165, 1.54) is 23.1 Å². The predicted molar refractivity (Wildman–Crippen MR) is 167 cm³/mol. The van der Waals surface area contributed by atoms with Crippen molar-refractivity contribution >= 4 is 50.7 Å².